The van der Waals surface area contributed by atoms with Crippen LogP contribution in [-0.4, -0.2) is 9.97 Å². The Hall–Kier alpha value is -6.64. The second-order valence-corrected chi connectivity index (χ2v) is 14.6. The minimum atomic E-state index is -0.165. The van der Waals surface area contributed by atoms with Gasteiger partial charge in [0.25, 0.3) is 0 Å². The Morgan fingerprint density at radius 3 is 1.66 bits per heavy atom. The molecule has 0 amide bonds. The highest BCUT2D eigenvalue weighted by Crippen LogP contribution is 2.54. The Balaban J connectivity index is 1.24. The van der Waals surface area contributed by atoms with Crippen LogP contribution in [0.5, 0.6) is 0 Å². The van der Waals surface area contributed by atoms with E-state index >= 15 is 0 Å². The van der Waals surface area contributed by atoms with Crippen LogP contribution in [-0.2, 0) is 5.41 Å². The predicted molar refractivity (Wildman–Crippen MR) is 222 cm³/mol. The maximum Gasteiger partial charge on any atom is 0.161 e. The lowest BCUT2D eigenvalue weighted by atomic mass is 9.78. The van der Waals surface area contributed by atoms with E-state index in [1.165, 1.54) is 66.1 Å². The van der Waals surface area contributed by atoms with Crippen molar-refractivity contribution >= 4 is 21.5 Å². The Kier molecular flexibility index (Phi) is 7.19. The van der Waals surface area contributed by atoms with Gasteiger partial charge in [0.15, 0.2) is 5.82 Å². The molecule has 2 heteroatoms. The van der Waals surface area contributed by atoms with Gasteiger partial charge in [0.05, 0.1) is 11.4 Å². The van der Waals surface area contributed by atoms with Crippen LogP contribution in [0.4, 0.5) is 0 Å². The monoisotopic (exact) mass is 676 g/mol. The molecule has 9 aromatic rings. The molecular formula is C51H36N2. The molecule has 0 radical (unpaired) electrons. The molecule has 0 saturated heterocycles. The normalized spacial score (nSPS) is 12.9. The molecule has 1 aliphatic carbocycles. The standard InChI is InChI=1S/C51H36N2/c1-51(2)45-24-13-12-21-41(45)43-31-44(48-40(34-17-8-4-9-18-34)22-14-23-42(48)49(43)51)50-52-46(35-19-10-5-11-20-35)32-47(53-50)39-28-27-37-29-36(25-26-38(37)30-39)33-15-6-3-7-16-33/h3-32H,1-2H3. The minimum absolute atomic E-state index is 0.165. The van der Waals surface area contributed by atoms with E-state index in [2.05, 4.69) is 196 Å². The van der Waals surface area contributed by atoms with Crippen LogP contribution in [0.1, 0.15) is 25.0 Å². The van der Waals surface area contributed by atoms with Gasteiger partial charge in [-0.2, -0.15) is 0 Å². The van der Waals surface area contributed by atoms with E-state index in [0.717, 1.165) is 33.9 Å². The van der Waals surface area contributed by atoms with Gasteiger partial charge < -0.3 is 0 Å². The molecule has 0 fully saturated rings. The third-order valence-electron chi connectivity index (χ3n) is 11.0. The summed E-state index contributed by atoms with van der Waals surface area (Å²) in [7, 11) is 0. The van der Waals surface area contributed by atoms with Gasteiger partial charge in [-0.15, -0.1) is 0 Å². The van der Waals surface area contributed by atoms with Crippen LogP contribution in [0.3, 0.4) is 0 Å². The highest BCUT2D eigenvalue weighted by molar-refractivity contribution is 6.11. The molecule has 53 heavy (non-hydrogen) atoms. The molecule has 0 unspecified atom stereocenters. The molecular weight excluding hydrogens is 641 g/mol. The van der Waals surface area contributed by atoms with Gasteiger partial charge in [-0.3, -0.25) is 0 Å². The van der Waals surface area contributed by atoms with Gasteiger partial charge >= 0.3 is 0 Å². The predicted octanol–water partition coefficient (Wildman–Crippen LogP) is 13.4. The number of hydrogen-bond acceptors (Lipinski definition) is 2. The van der Waals surface area contributed by atoms with Gasteiger partial charge in [-0.1, -0.05) is 172 Å². The molecule has 0 bridgehead atoms. The maximum atomic E-state index is 5.46. The lowest BCUT2D eigenvalue weighted by Gasteiger charge is -2.25. The second-order valence-electron chi connectivity index (χ2n) is 14.6. The van der Waals surface area contributed by atoms with E-state index in [1.807, 2.05) is 0 Å². The van der Waals surface area contributed by atoms with Crippen LogP contribution < -0.4 is 0 Å². The smallest absolute Gasteiger partial charge is 0.161 e. The van der Waals surface area contributed by atoms with Crippen LogP contribution >= 0.6 is 0 Å². The molecule has 0 spiro atoms. The summed E-state index contributed by atoms with van der Waals surface area (Å²) in [6.45, 7) is 4.72. The van der Waals surface area contributed by atoms with Crippen LogP contribution in [0, 0.1) is 0 Å². The van der Waals surface area contributed by atoms with E-state index in [1.54, 1.807) is 0 Å². The number of nitrogens with zero attached hydrogens (tertiary/aromatic N) is 2. The highest BCUT2D eigenvalue weighted by Gasteiger charge is 2.38. The zero-order valence-corrected chi connectivity index (χ0v) is 29.7. The lowest BCUT2D eigenvalue weighted by molar-refractivity contribution is 0.666. The first kappa shape index (κ1) is 31.1. The zero-order chi connectivity index (χ0) is 35.5. The number of fused-ring (bicyclic) bond motifs is 6. The van der Waals surface area contributed by atoms with Crippen molar-refractivity contribution in [2.75, 3.05) is 0 Å². The second kappa shape index (κ2) is 12.3. The molecule has 1 aromatic heterocycles. The van der Waals surface area contributed by atoms with E-state index in [4.69, 9.17) is 9.97 Å². The van der Waals surface area contributed by atoms with E-state index in [0.29, 0.717) is 0 Å². The van der Waals surface area contributed by atoms with Crippen molar-refractivity contribution in [2.45, 2.75) is 19.3 Å². The Labute approximate surface area is 310 Å². The molecule has 1 heterocycles. The molecule has 0 aliphatic heterocycles. The van der Waals surface area contributed by atoms with Gasteiger partial charge in [0.2, 0.25) is 0 Å². The van der Waals surface area contributed by atoms with E-state index in [9.17, 15) is 0 Å². The summed E-state index contributed by atoms with van der Waals surface area (Å²) in [5.41, 5.74) is 14.8. The van der Waals surface area contributed by atoms with Crippen LogP contribution in [0.2, 0.25) is 0 Å². The van der Waals surface area contributed by atoms with E-state index in [-0.39, 0.29) is 5.41 Å². The summed E-state index contributed by atoms with van der Waals surface area (Å²) < 4.78 is 0. The first-order valence-electron chi connectivity index (χ1n) is 18.3. The van der Waals surface area contributed by atoms with Crippen molar-refractivity contribution in [1.82, 2.24) is 9.97 Å². The Bertz CT molecular complexity index is 2840. The third-order valence-corrected chi connectivity index (χ3v) is 11.0. The van der Waals surface area contributed by atoms with Crippen LogP contribution in [0.15, 0.2) is 182 Å². The SMILES string of the molecule is CC1(C)c2ccccc2-c2cc(-c3nc(-c4ccccc4)cc(-c4ccc5cc(-c6ccccc6)ccc5c4)n3)c3c(-c4ccccc4)cccc3c21. The fraction of sp³-hybridized carbons (Fsp3) is 0.0588. The molecule has 250 valence electrons. The molecule has 1 aliphatic rings. The summed E-state index contributed by atoms with van der Waals surface area (Å²) in [6, 6.07) is 65.3. The van der Waals surface area contributed by atoms with Gasteiger partial charge in [-0.25, -0.2) is 9.97 Å². The number of rotatable bonds is 5. The fourth-order valence-electron chi connectivity index (χ4n) is 8.49. The molecule has 8 aromatic carbocycles. The van der Waals surface area contributed by atoms with Crippen molar-refractivity contribution in [3.63, 3.8) is 0 Å². The maximum absolute atomic E-state index is 5.46. The first-order chi connectivity index (χ1) is 26.0. The molecule has 2 nitrogen and oxygen atoms in total. The van der Waals surface area contributed by atoms with Crippen molar-refractivity contribution in [3.05, 3.63) is 193 Å². The first-order valence-corrected chi connectivity index (χ1v) is 18.3. The highest BCUT2D eigenvalue weighted by atomic mass is 14.9. The molecule has 0 atom stereocenters. The number of hydrogen-bond donors (Lipinski definition) is 0. The summed E-state index contributed by atoms with van der Waals surface area (Å²) in [5.74, 6) is 0.722. The Morgan fingerprint density at radius 1 is 0.377 bits per heavy atom. The Morgan fingerprint density at radius 2 is 0.943 bits per heavy atom. The van der Waals surface area contributed by atoms with E-state index < -0.39 is 0 Å². The largest absolute Gasteiger partial charge is 0.228 e. The topological polar surface area (TPSA) is 25.8 Å². The molecule has 0 saturated carbocycles. The van der Waals surface area contributed by atoms with Crippen molar-refractivity contribution < 1.29 is 0 Å². The number of aromatic nitrogens is 2. The summed E-state index contributed by atoms with van der Waals surface area (Å²) >= 11 is 0. The van der Waals surface area contributed by atoms with Gasteiger partial charge in [-0.05, 0) is 84.9 Å². The van der Waals surface area contributed by atoms with Gasteiger partial charge in [0, 0.05) is 27.5 Å². The average Bonchev–Trinajstić information content (AvgIpc) is 3.46. The summed E-state index contributed by atoms with van der Waals surface area (Å²) in [5, 5.41) is 4.81. The zero-order valence-electron chi connectivity index (χ0n) is 29.7. The molecule has 10 rings (SSSR count). The number of benzene rings is 8. The third kappa shape index (κ3) is 5.18. The van der Waals surface area contributed by atoms with Crippen molar-refractivity contribution in [3.8, 4) is 67.3 Å². The fourth-order valence-corrected chi connectivity index (χ4v) is 8.49. The van der Waals surface area contributed by atoms with Crippen molar-refractivity contribution in [1.29, 1.82) is 0 Å². The lowest BCUT2D eigenvalue weighted by Crippen LogP contribution is -2.15. The van der Waals surface area contributed by atoms with Crippen molar-refractivity contribution in [2.24, 2.45) is 0 Å². The minimum Gasteiger partial charge on any atom is -0.228 e. The van der Waals surface area contributed by atoms with Gasteiger partial charge in [0.1, 0.15) is 0 Å². The molecule has 0 N–H and O–H groups in total. The average molecular weight is 677 g/mol. The van der Waals surface area contributed by atoms with Crippen LogP contribution in [0.25, 0.3) is 88.8 Å². The quantitative estimate of drug-likeness (QED) is 0.181. The summed E-state index contributed by atoms with van der Waals surface area (Å²) in [6.07, 6.45) is 0. The summed E-state index contributed by atoms with van der Waals surface area (Å²) in [4.78, 5) is 10.9.